The quantitative estimate of drug-likeness (QED) is 0.616. The summed E-state index contributed by atoms with van der Waals surface area (Å²) in [6, 6.07) is 5.87. The summed E-state index contributed by atoms with van der Waals surface area (Å²) in [6.45, 7) is 6.19. The number of β-amino-alcohol motifs (C(OH)–C–C–N with tert-alkyl or cyclic N) is 1. The number of hydrogen-bond donors (Lipinski definition) is 1. The fraction of sp³-hybridized carbons (Fsp3) is 0.600. The molecule has 1 fully saturated rings. The van der Waals surface area contributed by atoms with E-state index in [1.807, 2.05) is 43.9 Å². The average molecular weight is 423 g/mol. The summed E-state index contributed by atoms with van der Waals surface area (Å²) in [5.74, 6) is 3.56. The van der Waals surface area contributed by atoms with Crippen molar-refractivity contribution in [2.75, 3.05) is 51.9 Å². The molecule has 1 aliphatic heterocycles. The van der Waals surface area contributed by atoms with E-state index in [1.54, 1.807) is 7.11 Å². The standard InChI is InChI=1S/C20H30N4O4S/c1-15-18(22-28-21-15)13-23(2)11-16-4-5-19(20(10-16)26-3)27-14-17(25)12-24-6-8-29-9-7-24/h4-5,10,17,25H,6-9,11-14H2,1-3H3. The van der Waals surface area contributed by atoms with Crippen molar-refractivity contribution in [1.82, 2.24) is 20.1 Å². The molecule has 1 aromatic carbocycles. The molecule has 1 atom stereocenters. The predicted molar refractivity (Wildman–Crippen MR) is 112 cm³/mol. The number of aliphatic hydroxyl groups excluding tert-OH is 1. The molecule has 0 bridgehead atoms. The first-order valence-electron chi connectivity index (χ1n) is 9.79. The third kappa shape index (κ3) is 6.60. The summed E-state index contributed by atoms with van der Waals surface area (Å²) in [7, 11) is 3.64. The van der Waals surface area contributed by atoms with Crippen molar-refractivity contribution >= 4 is 11.8 Å². The van der Waals surface area contributed by atoms with Crippen LogP contribution < -0.4 is 9.47 Å². The van der Waals surface area contributed by atoms with Gasteiger partial charge in [-0.15, -0.1) is 0 Å². The van der Waals surface area contributed by atoms with E-state index < -0.39 is 6.10 Å². The first kappa shape index (κ1) is 21.9. The number of aromatic nitrogens is 2. The van der Waals surface area contributed by atoms with Gasteiger partial charge in [0.25, 0.3) is 0 Å². The Kier molecular flexibility index (Phi) is 8.17. The monoisotopic (exact) mass is 422 g/mol. The topological polar surface area (TPSA) is 84.1 Å². The Balaban J connectivity index is 1.51. The second-order valence-corrected chi connectivity index (χ2v) is 8.56. The highest BCUT2D eigenvalue weighted by atomic mass is 32.2. The molecule has 2 aromatic rings. The van der Waals surface area contributed by atoms with Crippen LogP contribution in [-0.4, -0.2) is 83.2 Å². The van der Waals surface area contributed by atoms with E-state index in [2.05, 4.69) is 20.1 Å². The van der Waals surface area contributed by atoms with E-state index in [1.165, 1.54) is 0 Å². The normalized spacial score (nSPS) is 16.2. The third-order valence-electron chi connectivity index (χ3n) is 4.85. The second-order valence-electron chi connectivity index (χ2n) is 7.33. The Morgan fingerprint density at radius 2 is 2.03 bits per heavy atom. The predicted octanol–water partition coefficient (Wildman–Crippen LogP) is 1.81. The molecule has 1 unspecified atom stereocenters. The summed E-state index contributed by atoms with van der Waals surface area (Å²) in [6.07, 6.45) is -0.520. The Morgan fingerprint density at radius 3 is 2.72 bits per heavy atom. The van der Waals surface area contributed by atoms with Crippen LogP contribution >= 0.6 is 11.8 Å². The largest absolute Gasteiger partial charge is 0.493 e. The molecule has 0 saturated carbocycles. The zero-order valence-corrected chi connectivity index (χ0v) is 18.2. The van der Waals surface area contributed by atoms with Crippen LogP contribution in [0.4, 0.5) is 0 Å². The van der Waals surface area contributed by atoms with Crippen LogP contribution in [0.5, 0.6) is 11.5 Å². The lowest BCUT2D eigenvalue weighted by Crippen LogP contribution is -2.40. The summed E-state index contributed by atoms with van der Waals surface area (Å²) < 4.78 is 16.1. The maximum atomic E-state index is 10.3. The van der Waals surface area contributed by atoms with Crippen LogP contribution in [0.2, 0.25) is 0 Å². The van der Waals surface area contributed by atoms with Crippen molar-refractivity contribution in [1.29, 1.82) is 0 Å². The van der Waals surface area contributed by atoms with Gasteiger partial charge < -0.3 is 14.6 Å². The van der Waals surface area contributed by atoms with Crippen LogP contribution in [0.25, 0.3) is 0 Å². The molecule has 0 radical (unpaired) electrons. The van der Waals surface area contributed by atoms with Crippen LogP contribution in [0.3, 0.4) is 0 Å². The van der Waals surface area contributed by atoms with Gasteiger partial charge in [0.2, 0.25) is 0 Å². The molecule has 160 valence electrons. The summed E-state index contributed by atoms with van der Waals surface area (Å²) >= 11 is 1.96. The number of hydrogen-bond acceptors (Lipinski definition) is 9. The first-order valence-corrected chi connectivity index (χ1v) is 10.9. The van der Waals surface area contributed by atoms with Gasteiger partial charge in [-0.3, -0.25) is 9.80 Å². The molecule has 1 saturated heterocycles. The van der Waals surface area contributed by atoms with E-state index in [4.69, 9.17) is 14.1 Å². The molecule has 0 amide bonds. The minimum Gasteiger partial charge on any atom is -0.493 e. The van der Waals surface area contributed by atoms with Crippen molar-refractivity contribution in [3.8, 4) is 11.5 Å². The molecular weight excluding hydrogens is 392 g/mol. The Hall–Kier alpha value is -1.81. The van der Waals surface area contributed by atoms with Gasteiger partial charge in [-0.25, -0.2) is 4.63 Å². The van der Waals surface area contributed by atoms with Crippen LogP contribution in [0.1, 0.15) is 17.0 Å². The highest BCUT2D eigenvalue weighted by Crippen LogP contribution is 2.29. The molecule has 8 nitrogen and oxygen atoms in total. The van der Waals surface area contributed by atoms with Gasteiger partial charge in [0, 0.05) is 44.2 Å². The van der Waals surface area contributed by atoms with Crippen LogP contribution in [-0.2, 0) is 13.1 Å². The highest BCUT2D eigenvalue weighted by molar-refractivity contribution is 7.99. The second kappa shape index (κ2) is 10.8. The van der Waals surface area contributed by atoms with Gasteiger partial charge in [0.05, 0.1) is 7.11 Å². The third-order valence-corrected chi connectivity index (χ3v) is 5.79. The fourth-order valence-corrected chi connectivity index (χ4v) is 4.24. The van der Waals surface area contributed by atoms with Crippen LogP contribution in [0, 0.1) is 6.92 Å². The van der Waals surface area contributed by atoms with E-state index in [0.29, 0.717) is 24.6 Å². The molecule has 1 aliphatic rings. The molecular formula is C20H30N4O4S. The lowest BCUT2D eigenvalue weighted by atomic mass is 10.2. The van der Waals surface area contributed by atoms with E-state index >= 15 is 0 Å². The number of nitrogens with zero attached hydrogens (tertiary/aromatic N) is 4. The molecule has 29 heavy (non-hydrogen) atoms. The average Bonchev–Trinajstić information content (AvgIpc) is 3.12. The Bertz CT molecular complexity index is 767. The van der Waals surface area contributed by atoms with Gasteiger partial charge in [-0.05, 0) is 31.7 Å². The number of methoxy groups -OCH3 is 1. The first-order chi connectivity index (χ1) is 14.0. The van der Waals surface area contributed by atoms with E-state index in [-0.39, 0.29) is 6.61 Å². The van der Waals surface area contributed by atoms with Crippen molar-refractivity contribution in [3.63, 3.8) is 0 Å². The minimum absolute atomic E-state index is 0.248. The number of ether oxygens (including phenoxy) is 2. The van der Waals surface area contributed by atoms with Gasteiger partial charge >= 0.3 is 0 Å². The Labute approximate surface area is 176 Å². The maximum Gasteiger partial charge on any atom is 0.161 e. The molecule has 2 heterocycles. The zero-order chi connectivity index (χ0) is 20.6. The minimum atomic E-state index is -0.520. The molecule has 0 spiro atoms. The highest BCUT2D eigenvalue weighted by Gasteiger charge is 2.16. The smallest absolute Gasteiger partial charge is 0.161 e. The molecule has 9 heteroatoms. The number of benzene rings is 1. The SMILES string of the molecule is COc1cc(CN(C)Cc2nonc2C)ccc1OCC(O)CN1CCSCC1. The van der Waals surface area contributed by atoms with Gasteiger partial charge in [-0.1, -0.05) is 16.4 Å². The van der Waals surface area contributed by atoms with Crippen molar-refractivity contribution in [2.24, 2.45) is 0 Å². The van der Waals surface area contributed by atoms with Gasteiger partial charge in [-0.2, -0.15) is 11.8 Å². The lowest BCUT2D eigenvalue weighted by Gasteiger charge is -2.28. The van der Waals surface area contributed by atoms with Gasteiger partial charge in [0.1, 0.15) is 24.1 Å². The lowest BCUT2D eigenvalue weighted by molar-refractivity contribution is 0.0704. The summed E-state index contributed by atoms with van der Waals surface area (Å²) in [5, 5.41) is 18.0. The summed E-state index contributed by atoms with van der Waals surface area (Å²) in [5.41, 5.74) is 2.73. The number of aryl methyl sites for hydroxylation is 1. The van der Waals surface area contributed by atoms with Crippen molar-refractivity contribution < 1.29 is 19.2 Å². The maximum absolute atomic E-state index is 10.3. The number of thioether (sulfide) groups is 1. The zero-order valence-electron chi connectivity index (χ0n) is 17.3. The number of aliphatic hydroxyl groups is 1. The van der Waals surface area contributed by atoms with Gasteiger partial charge in [0.15, 0.2) is 11.5 Å². The van der Waals surface area contributed by atoms with Crippen molar-refractivity contribution in [3.05, 3.63) is 35.2 Å². The molecule has 3 rings (SSSR count). The molecule has 1 N–H and O–H groups in total. The Morgan fingerprint density at radius 1 is 1.24 bits per heavy atom. The fourth-order valence-electron chi connectivity index (χ4n) is 3.27. The molecule has 0 aliphatic carbocycles. The van der Waals surface area contributed by atoms with E-state index in [9.17, 15) is 5.11 Å². The van der Waals surface area contributed by atoms with Crippen LogP contribution in [0.15, 0.2) is 22.8 Å². The summed E-state index contributed by atoms with van der Waals surface area (Å²) in [4.78, 5) is 4.41. The van der Waals surface area contributed by atoms with E-state index in [0.717, 1.165) is 48.1 Å². The molecule has 1 aromatic heterocycles. The number of rotatable bonds is 10. The van der Waals surface area contributed by atoms with Crippen molar-refractivity contribution in [2.45, 2.75) is 26.1 Å².